The van der Waals surface area contributed by atoms with E-state index in [2.05, 4.69) is 4.98 Å². The van der Waals surface area contributed by atoms with Crippen LogP contribution < -0.4 is 9.47 Å². The van der Waals surface area contributed by atoms with Gasteiger partial charge in [-0.15, -0.1) is 0 Å². The first-order chi connectivity index (χ1) is 13.9. The summed E-state index contributed by atoms with van der Waals surface area (Å²) in [7, 11) is 0.878. The minimum absolute atomic E-state index is 0.0271. The number of nitrogens with zero attached hydrogens (tertiary/aromatic N) is 1. The van der Waals surface area contributed by atoms with Crippen molar-refractivity contribution in [3.63, 3.8) is 0 Å². The zero-order chi connectivity index (χ0) is 21.0. The molecule has 3 rings (SSSR count). The standard InChI is InChI=1S/C22H23NO5S/c1-15-5-8-19(9-6-15)29(24,25)22-13-17(11-18(23-22)14-26-2)16-7-10-20(27-3)21(12-16)28-4/h5-13H,14H2,1-4H3. The van der Waals surface area contributed by atoms with Crippen LogP contribution in [0.5, 0.6) is 11.5 Å². The average molecular weight is 413 g/mol. The summed E-state index contributed by atoms with van der Waals surface area (Å²) in [5.74, 6) is 1.15. The molecule has 0 spiro atoms. The number of methoxy groups -OCH3 is 3. The smallest absolute Gasteiger partial charge is 0.223 e. The third kappa shape index (κ3) is 4.41. The van der Waals surface area contributed by atoms with Gasteiger partial charge in [-0.1, -0.05) is 23.8 Å². The molecule has 0 aliphatic heterocycles. The predicted octanol–water partition coefficient (Wildman–Crippen LogP) is 4.05. The van der Waals surface area contributed by atoms with Crippen LogP contribution >= 0.6 is 0 Å². The van der Waals surface area contributed by atoms with Gasteiger partial charge in [0.15, 0.2) is 16.5 Å². The minimum Gasteiger partial charge on any atom is -0.493 e. The van der Waals surface area contributed by atoms with Crippen LogP contribution in [-0.2, 0) is 21.2 Å². The molecule has 0 amide bonds. The molecule has 152 valence electrons. The molecule has 0 saturated heterocycles. The fourth-order valence-corrected chi connectivity index (χ4v) is 4.20. The van der Waals surface area contributed by atoms with Gasteiger partial charge in [0.05, 0.1) is 31.4 Å². The Balaban J connectivity index is 2.15. The van der Waals surface area contributed by atoms with Crippen LogP contribution in [-0.4, -0.2) is 34.7 Å². The number of ether oxygens (including phenoxy) is 3. The number of pyridine rings is 1. The zero-order valence-electron chi connectivity index (χ0n) is 16.8. The lowest BCUT2D eigenvalue weighted by molar-refractivity contribution is 0.181. The largest absolute Gasteiger partial charge is 0.493 e. The molecule has 0 aliphatic rings. The molecule has 0 saturated carbocycles. The van der Waals surface area contributed by atoms with E-state index in [0.29, 0.717) is 22.8 Å². The second-order valence-electron chi connectivity index (χ2n) is 6.50. The quantitative estimate of drug-likeness (QED) is 0.582. The molecule has 0 aliphatic carbocycles. The molecule has 1 heterocycles. The molecule has 2 aromatic carbocycles. The first-order valence-corrected chi connectivity index (χ1v) is 10.4. The number of hydrogen-bond donors (Lipinski definition) is 0. The van der Waals surface area contributed by atoms with E-state index in [1.807, 2.05) is 13.0 Å². The number of rotatable bonds is 7. The molecule has 0 N–H and O–H groups in total. The summed E-state index contributed by atoms with van der Waals surface area (Å²) in [6.07, 6.45) is 0. The first-order valence-electron chi connectivity index (χ1n) is 8.93. The van der Waals surface area contributed by atoms with Crippen molar-refractivity contribution in [2.24, 2.45) is 0 Å². The van der Waals surface area contributed by atoms with Crippen molar-refractivity contribution in [2.45, 2.75) is 23.5 Å². The molecule has 1 aromatic heterocycles. The van der Waals surface area contributed by atoms with Gasteiger partial charge in [0, 0.05) is 7.11 Å². The maximum absolute atomic E-state index is 13.2. The number of aromatic nitrogens is 1. The summed E-state index contributed by atoms with van der Waals surface area (Å²) in [5, 5.41) is -0.0271. The highest BCUT2D eigenvalue weighted by Gasteiger charge is 2.21. The fraction of sp³-hybridized carbons (Fsp3) is 0.227. The van der Waals surface area contributed by atoms with Crippen LogP contribution in [0, 0.1) is 6.92 Å². The van der Waals surface area contributed by atoms with Gasteiger partial charge in [0.25, 0.3) is 0 Å². The Labute approximate surface area is 171 Å². The van der Waals surface area contributed by atoms with Gasteiger partial charge in [-0.25, -0.2) is 13.4 Å². The van der Waals surface area contributed by atoms with E-state index in [0.717, 1.165) is 11.1 Å². The highest BCUT2D eigenvalue weighted by molar-refractivity contribution is 7.91. The van der Waals surface area contributed by atoms with E-state index in [4.69, 9.17) is 14.2 Å². The maximum Gasteiger partial charge on any atom is 0.223 e. The second kappa shape index (κ2) is 8.63. The van der Waals surface area contributed by atoms with Crippen molar-refractivity contribution in [2.75, 3.05) is 21.3 Å². The minimum atomic E-state index is -3.78. The van der Waals surface area contributed by atoms with Crippen LogP contribution in [0.1, 0.15) is 11.3 Å². The van der Waals surface area contributed by atoms with Gasteiger partial charge in [-0.2, -0.15) is 0 Å². The van der Waals surface area contributed by atoms with Crippen LogP contribution in [0.3, 0.4) is 0 Å². The molecule has 0 fully saturated rings. The lowest BCUT2D eigenvalue weighted by Crippen LogP contribution is -2.07. The summed E-state index contributed by atoms with van der Waals surface area (Å²) in [4.78, 5) is 4.52. The summed E-state index contributed by atoms with van der Waals surface area (Å²) < 4.78 is 42.2. The molecule has 0 unspecified atom stereocenters. The molecule has 3 aromatic rings. The Bertz CT molecular complexity index is 1110. The lowest BCUT2D eigenvalue weighted by atomic mass is 10.1. The van der Waals surface area contributed by atoms with Crippen molar-refractivity contribution < 1.29 is 22.6 Å². The number of benzene rings is 2. The normalized spacial score (nSPS) is 11.3. The van der Waals surface area contributed by atoms with Crippen LogP contribution in [0.25, 0.3) is 11.1 Å². The summed E-state index contributed by atoms with van der Waals surface area (Å²) in [6.45, 7) is 2.10. The number of sulfone groups is 1. The van der Waals surface area contributed by atoms with Gasteiger partial charge >= 0.3 is 0 Å². The SMILES string of the molecule is COCc1cc(-c2ccc(OC)c(OC)c2)cc(S(=O)(=O)c2ccc(C)cc2)n1. The highest BCUT2D eigenvalue weighted by atomic mass is 32.2. The van der Waals surface area contributed by atoms with Crippen molar-refractivity contribution in [3.8, 4) is 22.6 Å². The molecule has 29 heavy (non-hydrogen) atoms. The summed E-state index contributed by atoms with van der Waals surface area (Å²) >= 11 is 0. The van der Waals surface area contributed by atoms with E-state index >= 15 is 0 Å². The topological polar surface area (TPSA) is 74.7 Å². The van der Waals surface area contributed by atoms with Gasteiger partial charge in [0.2, 0.25) is 9.84 Å². The number of aryl methyl sites for hydroxylation is 1. The van der Waals surface area contributed by atoms with Crippen molar-refractivity contribution in [1.82, 2.24) is 4.98 Å². The lowest BCUT2D eigenvalue weighted by Gasteiger charge is -2.12. The van der Waals surface area contributed by atoms with Crippen molar-refractivity contribution in [1.29, 1.82) is 0 Å². The Morgan fingerprint density at radius 2 is 1.52 bits per heavy atom. The fourth-order valence-electron chi connectivity index (χ4n) is 2.94. The van der Waals surface area contributed by atoms with Gasteiger partial charge in [-0.3, -0.25) is 0 Å². The zero-order valence-corrected chi connectivity index (χ0v) is 17.6. The van der Waals surface area contributed by atoms with E-state index in [-0.39, 0.29) is 16.5 Å². The van der Waals surface area contributed by atoms with Crippen molar-refractivity contribution >= 4 is 9.84 Å². The third-order valence-corrected chi connectivity index (χ3v) is 6.12. The Kier molecular flexibility index (Phi) is 6.20. The first kappa shape index (κ1) is 20.8. The number of hydrogen-bond acceptors (Lipinski definition) is 6. The Morgan fingerprint density at radius 3 is 2.14 bits per heavy atom. The van der Waals surface area contributed by atoms with E-state index in [1.54, 1.807) is 69.9 Å². The molecule has 0 radical (unpaired) electrons. The van der Waals surface area contributed by atoms with Crippen LogP contribution in [0.4, 0.5) is 0 Å². The average Bonchev–Trinajstić information content (AvgIpc) is 2.73. The highest BCUT2D eigenvalue weighted by Crippen LogP contribution is 2.33. The molecule has 0 atom stereocenters. The summed E-state index contributed by atoms with van der Waals surface area (Å²) in [6, 6.07) is 15.5. The van der Waals surface area contributed by atoms with Crippen LogP contribution in [0.2, 0.25) is 0 Å². The molecular formula is C22H23NO5S. The van der Waals surface area contributed by atoms with Gasteiger partial charge in [0.1, 0.15) is 0 Å². The molecule has 0 bridgehead atoms. The van der Waals surface area contributed by atoms with Gasteiger partial charge < -0.3 is 14.2 Å². The second-order valence-corrected chi connectivity index (χ2v) is 8.40. The van der Waals surface area contributed by atoms with E-state index < -0.39 is 9.84 Å². The summed E-state index contributed by atoms with van der Waals surface area (Å²) in [5.41, 5.74) is 2.97. The van der Waals surface area contributed by atoms with Crippen molar-refractivity contribution in [3.05, 3.63) is 65.9 Å². The van der Waals surface area contributed by atoms with Gasteiger partial charge in [-0.05, 0) is 54.4 Å². The van der Waals surface area contributed by atoms with E-state index in [1.165, 1.54) is 0 Å². The monoisotopic (exact) mass is 413 g/mol. The molecule has 7 heteroatoms. The maximum atomic E-state index is 13.2. The molecule has 6 nitrogen and oxygen atoms in total. The van der Waals surface area contributed by atoms with Crippen LogP contribution in [0.15, 0.2) is 64.5 Å². The molecular weight excluding hydrogens is 390 g/mol. The Morgan fingerprint density at radius 1 is 0.828 bits per heavy atom. The third-order valence-electron chi connectivity index (χ3n) is 4.47. The van der Waals surface area contributed by atoms with E-state index in [9.17, 15) is 8.42 Å². The predicted molar refractivity (Wildman–Crippen MR) is 110 cm³/mol. The Hall–Kier alpha value is -2.90.